The molecule has 1 unspecified atom stereocenters. The Morgan fingerprint density at radius 3 is 2.69 bits per heavy atom. The average Bonchev–Trinajstić information content (AvgIpc) is 3.31. The Hall–Kier alpha value is -2.58. The van der Waals surface area contributed by atoms with Crippen molar-refractivity contribution >= 4 is 12.6 Å². The van der Waals surface area contributed by atoms with Crippen molar-refractivity contribution in [2.24, 2.45) is 0 Å². The van der Waals surface area contributed by atoms with E-state index in [1.165, 1.54) is 6.26 Å². The zero-order valence-electron chi connectivity index (χ0n) is 14.0. The third kappa shape index (κ3) is 3.66. The minimum Gasteiger partial charge on any atom is -0.465 e. The number of hydrogen-bond donors (Lipinski definition) is 3. The molecule has 1 aromatic heterocycles. The fourth-order valence-corrected chi connectivity index (χ4v) is 2.84. The fourth-order valence-electron chi connectivity index (χ4n) is 2.84. The lowest BCUT2D eigenvalue weighted by Crippen LogP contribution is -2.27. The Morgan fingerprint density at radius 2 is 1.92 bits per heavy atom. The van der Waals surface area contributed by atoms with Crippen molar-refractivity contribution in [3.63, 3.8) is 0 Å². The van der Waals surface area contributed by atoms with E-state index in [2.05, 4.69) is 5.32 Å². The Morgan fingerprint density at radius 1 is 1.12 bits per heavy atom. The first kappa shape index (κ1) is 16.9. The van der Waals surface area contributed by atoms with E-state index in [9.17, 15) is 10.1 Å². The standard InChI is InChI=1S/C19H18BNO5/c22-19(18-2-1-9-24-18)21-11-13-3-5-15(6-4-13)26-16-7-8-17-14(10-16)12-25-20(17)23/h1-10,19,21-23H,11-12H2. The Balaban J connectivity index is 1.36. The van der Waals surface area contributed by atoms with Gasteiger partial charge < -0.3 is 23.9 Å². The molecule has 1 aliphatic heterocycles. The van der Waals surface area contributed by atoms with Crippen LogP contribution in [0.3, 0.4) is 0 Å². The predicted octanol–water partition coefficient (Wildman–Crippen LogP) is 2.07. The van der Waals surface area contributed by atoms with Gasteiger partial charge in [-0.15, -0.1) is 0 Å². The number of aliphatic hydroxyl groups excluding tert-OH is 1. The predicted molar refractivity (Wildman–Crippen MR) is 95.9 cm³/mol. The first-order valence-corrected chi connectivity index (χ1v) is 8.33. The van der Waals surface area contributed by atoms with Crippen LogP contribution in [0.4, 0.5) is 0 Å². The molecule has 0 spiro atoms. The van der Waals surface area contributed by atoms with Crippen LogP contribution in [0.25, 0.3) is 0 Å². The molecule has 3 N–H and O–H groups in total. The van der Waals surface area contributed by atoms with E-state index in [0.717, 1.165) is 16.6 Å². The summed E-state index contributed by atoms with van der Waals surface area (Å²) in [5.74, 6) is 1.89. The van der Waals surface area contributed by atoms with Gasteiger partial charge in [-0.25, -0.2) is 0 Å². The lowest BCUT2D eigenvalue weighted by Gasteiger charge is -2.11. The first-order chi connectivity index (χ1) is 12.7. The minimum atomic E-state index is -0.845. The van der Waals surface area contributed by atoms with E-state index in [1.54, 1.807) is 12.1 Å². The van der Waals surface area contributed by atoms with E-state index in [-0.39, 0.29) is 0 Å². The van der Waals surface area contributed by atoms with Crippen LogP contribution in [0.1, 0.15) is 23.1 Å². The topological polar surface area (TPSA) is 84.1 Å². The molecule has 2 heterocycles. The summed E-state index contributed by atoms with van der Waals surface area (Å²) in [5, 5.41) is 22.6. The van der Waals surface area contributed by atoms with E-state index >= 15 is 0 Å². The first-order valence-electron chi connectivity index (χ1n) is 8.33. The molecule has 3 aromatic rings. The highest BCUT2D eigenvalue weighted by Gasteiger charge is 2.27. The molecule has 0 radical (unpaired) electrons. The summed E-state index contributed by atoms with van der Waals surface area (Å²) >= 11 is 0. The summed E-state index contributed by atoms with van der Waals surface area (Å²) in [4.78, 5) is 0. The number of aliphatic hydroxyl groups is 1. The van der Waals surface area contributed by atoms with E-state index in [0.29, 0.717) is 30.4 Å². The third-order valence-electron chi connectivity index (χ3n) is 4.25. The number of hydrogen-bond acceptors (Lipinski definition) is 6. The van der Waals surface area contributed by atoms with Gasteiger partial charge in [0.15, 0.2) is 6.23 Å². The zero-order chi connectivity index (χ0) is 17.9. The minimum absolute atomic E-state index is 0.385. The van der Waals surface area contributed by atoms with Gasteiger partial charge in [-0.1, -0.05) is 18.2 Å². The summed E-state index contributed by atoms with van der Waals surface area (Å²) in [6, 6.07) is 16.6. The second-order valence-corrected chi connectivity index (χ2v) is 6.07. The lowest BCUT2D eigenvalue weighted by atomic mass is 9.80. The number of fused-ring (bicyclic) bond motifs is 1. The van der Waals surface area contributed by atoms with Gasteiger partial charge in [0.2, 0.25) is 0 Å². The van der Waals surface area contributed by atoms with Gasteiger partial charge in [0, 0.05) is 6.54 Å². The van der Waals surface area contributed by atoms with Gasteiger partial charge in [0.05, 0.1) is 12.9 Å². The number of ether oxygens (including phenoxy) is 1. The SMILES string of the molecule is OB1OCc2cc(Oc3ccc(CNC(O)c4ccco4)cc3)ccc21. The summed E-state index contributed by atoms with van der Waals surface area (Å²) in [5.41, 5.74) is 2.73. The molecular weight excluding hydrogens is 333 g/mol. The second-order valence-electron chi connectivity index (χ2n) is 6.07. The highest BCUT2D eigenvalue weighted by molar-refractivity contribution is 6.61. The normalized spacial score (nSPS) is 14.3. The largest absolute Gasteiger partial charge is 0.491 e. The van der Waals surface area contributed by atoms with Gasteiger partial charge in [0.1, 0.15) is 17.3 Å². The molecular formula is C19H18BNO5. The molecule has 1 atom stereocenters. The molecule has 0 saturated carbocycles. The monoisotopic (exact) mass is 351 g/mol. The molecule has 6 nitrogen and oxygen atoms in total. The van der Waals surface area contributed by atoms with E-state index in [1.807, 2.05) is 42.5 Å². The summed E-state index contributed by atoms with van der Waals surface area (Å²) in [7, 11) is -0.845. The van der Waals surface area contributed by atoms with Crippen molar-refractivity contribution in [2.75, 3.05) is 0 Å². The van der Waals surface area contributed by atoms with Crippen molar-refractivity contribution in [3.8, 4) is 11.5 Å². The fraction of sp³-hybridized carbons (Fsp3) is 0.158. The molecule has 0 bridgehead atoms. The van der Waals surface area contributed by atoms with Crippen LogP contribution in [0, 0.1) is 0 Å². The second kappa shape index (κ2) is 7.35. The van der Waals surface area contributed by atoms with Crippen LogP contribution in [-0.2, 0) is 17.8 Å². The zero-order valence-corrected chi connectivity index (χ0v) is 14.0. The Kier molecular flexibility index (Phi) is 4.77. The van der Waals surface area contributed by atoms with Crippen LogP contribution in [0.15, 0.2) is 65.3 Å². The molecule has 0 fully saturated rings. The van der Waals surface area contributed by atoms with Gasteiger partial charge in [-0.2, -0.15) is 0 Å². The number of benzene rings is 2. The van der Waals surface area contributed by atoms with Crippen LogP contribution >= 0.6 is 0 Å². The number of nitrogens with one attached hydrogen (secondary N) is 1. The van der Waals surface area contributed by atoms with Gasteiger partial charge in [-0.05, 0) is 53.0 Å². The van der Waals surface area contributed by atoms with Crippen LogP contribution in [0.2, 0.25) is 0 Å². The smallest absolute Gasteiger partial charge is 0.465 e. The van der Waals surface area contributed by atoms with Crippen LogP contribution < -0.4 is 15.5 Å². The molecule has 26 heavy (non-hydrogen) atoms. The number of furan rings is 1. The molecule has 132 valence electrons. The highest BCUT2D eigenvalue weighted by Crippen LogP contribution is 2.24. The lowest BCUT2D eigenvalue weighted by molar-refractivity contribution is 0.112. The van der Waals surface area contributed by atoms with Gasteiger partial charge >= 0.3 is 7.12 Å². The molecule has 4 rings (SSSR count). The van der Waals surface area contributed by atoms with Crippen molar-refractivity contribution in [1.29, 1.82) is 0 Å². The maximum atomic E-state index is 9.96. The summed E-state index contributed by atoms with van der Waals surface area (Å²) in [6.45, 7) is 0.881. The van der Waals surface area contributed by atoms with Crippen molar-refractivity contribution in [1.82, 2.24) is 5.32 Å². The summed E-state index contributed by atoms with van der Waals surface area (Å²) < 4.78 is 16.2. The molecule has 7 heteroatoms. The van der Waals surface area contributed by atoms with Crippen molar-refractivity contribution in [2.45, 2.75) is 19.4 Å². The maximum absolute atomic E-state index is 9.96. The van der Waals surface area contributed by atoms with Crippen molar-refractivity contribution in [3.05, 3.63) is 77.7 Å². The highest BCUT2D eigenvalue weighted by atomic mass is 16.5. The van der Waals surface area contributed by atoms with Crippen molar-refractivity contribution < 1.29 is 23.9 Å². The molecule has 0 aliphatic carbocycles. The number of rotatable bonds is 6. The van der Waals surface area contributed by atoms with Crippen LogP contribution in [0.5, 0.6) is 11.5 Å². The van der Waals surface area contributed by atoms with Gasteiger partial charge in [-0.3, -0.25) is 5.32 Å². The summed E-state index contributed by atoms with van der Waals surface area (Å²) in [6.07, 6.45) is 0.683. The van der Waals surface area contributed by atoms with E-state index < -0.39 is 13.3 Å². The Bertz CT molecular complexity index is 866. The van der Waals surface area contributed by atoms with Crippen LogP contribution in [-0.4, -0.2) is 17.2 Å². The Labute approximate surface area is 151 Å². The molecule has 0 amide bonds. The van der Waals surface area contributed by atoms with Gasteiger partial charge in [0.25, 0.3) is 0 Å². The average molecular weight is 351 g/mol. The molecule has 2 aromatic carbocycles. The maximum Gasteiger partial charge on any atom is 0.491 e. The third-order valence-corrected chi connectivity index (χ3v) is 4.25. The molecule has 0 saturated heterocycles. The van der Waals surface area contributed by atoms with E-state index in [4.69, 9.17) is 13.8 Å². The molecule has 1 aliphatic rings. The quantitative estimate of drug-likeness (QED) is 0.466.